The summed E-state index contributed by atoms with van der Waals surface area (Å²) in [6.45, 7) is 4.51. The lowest BCUT2D eigenvalue weighted by Gasteiger charge is -2.06. The van der Waals surface area contributed by atoms with Crippen molar-refractivity contribution in [2.45, 2.75) is 20.4 Å². The molecule has 0 aliphatic heterocycles. The van der Waals surface area contributed by atoms with E-state index in [1.54, 1.807) is 6.20 Å². The first-order valence-corrected chi connectivity index (χ1v) is 5.44. The summed E-state index contributed by atoms with van der Waals surface area (Å²) in [7, 11) is 0. The van der Waals surface area contributed by atoms with Gasteiger partial charge in [0.25, 0.3) is 0 Å². The summed E-state index contributed by atoms with van der Waals surface area (Å²) < 4.78 is 5.45. The van der Waals surface area contributed by atoms with Crippen LogP contribution in [0.2, 0.25) is 5.15 Å². The Labute approximate surface area is 99.5 Å². The number of furan rings is 1. The van der Waals surface area contributed by atoms with Gasteiger partial charge in [-0.15, -0.1) is 0 Å². The molecular formula is C12H13ClN2O. The quantitative estimate of drug-likeness (QED) is 0.829. The number of anilines is 1. The largest absolute Gasteiger partial charge is 0.465 e. The van der Waals surface area contributed by atoms with Crippen LogP contribution in [0, 0.1) is 13.8 Å². The fourth-order valence-electron chi connectivity index (χ4n) is 1.44. The van der Waals surface area contributed by atoms with Gasteiger partial charge in [-0.1, -0.05) is 11.6 Å². The zero-order valence-electron chi connectivity index (χ0n) is 9.25. The lowest BCUT2D eigenvalue weighted by atomic mass is 10.3. The SMILES string of the molecule is Cc1cnc(Cl)c(NCc2ccc(C)o2)c1. The van der Waals surface area contributed by atoms with E-state index in [1.807, 2.05) is 32.0 Å². The molecule has 3 nitrogen and oxygen atoms in total. The zero-order valence-corrected chi connectivity index (χ0v) is 10.0. The van der Waals surface area contributed by atoms with Crippen molar-refractivity contribution < 1.29 is 4.42 Å². The van der Waals surface area contributed by atoms with E-state index in [0.29, 0.717) is 11.7 Å². The van der Waals surface area contributed by atoms with Gasteiger partial charge in [0.2, 0.25) is 0 Å². The fraction of sp³-hybridized carbons (Fsp3) is 0.250. The molecule has 1 N–H and O–H groups in total. The Morgan fingerprint density at radius 1 is 1.38 bits per heavy atom. The van der Waals surface area contributed by atoms with Gasteiger partial charge in [0.15, 0.2) is 5.15 Å². The monoisotopic (exact) mass is 236 g/mol. The maximum Gasteiger partial charge on any atom is 0.152 e. The molecule has 2 aromatic rings. The Hall–Kier alpha value is -1.48. The van der Waals surface area contributed by atoms with E-state index in [4.69, 9.17) is 16.0 Å². The Kier molecular flexibility index (Phi) is 3.15. The summed E-state index contributed by atoms with van der Waals surface area (Å²) in [6.07, 6.45) is 1.74. The maximum atomic E-state index is 5.96. The predicted octanol–water partition coefficient (Wildman–Crippen LogP) is 3.56. The zero-order chi connectivity index (χ0) is 11.5. The van der Waals surface area contributed by atoms with Crippen molar-refractivity contribution >= 4 is 17.3 Å². The number of nitrogens with one attached hydrogen (secondary N) is 1. The average molecular weight is 237 g/mol. The van der Waals surface area contributed by atoms with Crippen LogP contribution in [0.3, 0.4) is 0 Å². The molecule has 2 heterocycles. The molecule has 0 saturated carbocycles. The predicted molar refractivity (Wildman–Crippen MR) is 64.8 cm³/mol. The molecule has 0 aliphatic carbocycles. The number of aromatic nitrogens is 1. The van der Waals surface area contributed by atoms with Crippen molar-refractivity contribution in [3.63, 3.8) is 0 Å². The van der Waals surface area contributed by atoms with E-state index in [1.165, 1.54) is 0 Å². The molecule has 2 rings (SSSR count). The van der Waals surface area contributed by atoms with Crippen molar-refractivity contribution in [3.8, 4) is 0 Å². The van der Waals surface area contributed by atoms with Gasteiger partial charge in [0.05, 0.1) is 12.2 Å². The van der Waals surface area contributed by atoms with Crippen molar-refractivity contribution in [2.24, 2.45) is 0 Å². The van der Waals surface area contributed by atoms with Gasteiger partial charge in [0, 0.05) is 6.20 Å². The van der Waals surface area contributed by atoms with Crippen molar-refractivity contribution in [1.82, 2.24) is 4.98 Å². The van der Waals surface area contributed by atoms with Gasteiger partial charge in [0.1, 0.15) is 11.5 Å². The minimum atomic E-state index is 0.480. The molecule has 0 bridgehead atoms. The third-order valence-electron chi connectivity index (χ3n) is 2.22. The fourth-order valence-corrected chi connectivity index (χ4v) is 1.61. The number of pyridine rings is 1. The molecule has 0 aromatic carbocycles. The normalized spacial score (nSPS) is 10.4. The highest BCUT2D eigenvalue weighted by Crippen LogP contribution is 2.20. The summed E-state index contributed by atoms with van der Waals surface area (Å²) in [5.41, 5.74) is 1.90. The van der Waals surface area contributed by atoms with Gasteiger partial charge in [-0.25, -0.2) is 4.98 Å². The number of rotatable bonds is 3. The van der Waals surface area contributed by atoms with E-state index >= 15 is 0 Å². The summed E-state index contributed by atoms with van der Waals surface area (Å²) in [4.78, 5) is 4.07. The highest BCUT2D eigenvalue weighted by atomic mass is 35.5. The highest BCUT2D eigenvalue weighted by molar-refractivity contribution is 6.31. The van der Waals surface area contributed by atoms with E-state index in [2.05, 4.69) is 10.3 Å². The Morgan fingerprint density at radius 3 is 2.88 bits per heavy atom. The molecule has 0 atom stereocenters. The van der Waals surface area contributed by atoms with Crippen LogP contribution in [0.1, 0.15) is 17.1 Å². The Balaban J connectivity index is 2.07. The third kappa shape index (κ3) is 2.55. The molecule has 0 fully saturated rings. The van der Waals surface area contributed by atoms with Gasteiger partial charge in [-0.05, 0) is 37.6 Å². The van der Waals surface area contributed by atoms with E-state index in [9.17, 15) is 0 Å². The van der Waals surface area contributed by atoms with Gasteiger partial charge in [-0.2, -0.15) is 0 Å². The van der Waals surface area contributed by atoms with E-state index in [0.717, 1.165) is 22.8 Å². The molecule has 0 radical (unpaired) electrons. The summed E-state index contributed by atoms with van der Waals surface area (Å²) in [5, 5.41) is 3.68. The van der Waals surface area contributed by atoms with Crippen LogP contribution in [-0.4, -0.2) is 4.98 Å². The number of halogens is 1. The lowest BCUT2D eigenvalue weighted by Crippen LogP contribution is -2.00. The summed E-state index contributed by atoms with van der Waals surface area (Å²) >= 11 is 5.96. The van der Waals surface area contributed by atoms with Crippen molar-refractivity contribution in [3.05, 3.63) is 46.6 Å². The standard InChI is InChI=1S/C12H13ClN2O/c1-8-5-11(12(13)15-6-8)14-7-10-4-3-9(2)16-10/h3-6,14H,7H2,1-2H3. The van der Waals surface area contributed by atoms with Crippen LogP contribution in [0.25, 0.3) is 0 Å². The molecule has 0 amide bonds. The molecule has 0 aliphatic rings. The Bertz CT molecular complexity index is 494. The third-order valence-corrected chi connectivity index (χ3v) is 2.53. The second-order valence-electron chi connectivity index (χ2n) is 3.72. The first-order valence-electron chi connectivity index (χ1n) is 5.06. The number of aryl methyl sites for hydroxylation is 2. The van der Waals surface area contributed by atoms with Gasteiger partial charge in [-0.3, -0.25) is 0 Å². The average Bonchev–Trinajstić information content (AvgIpc) is 2.66. The highest BCUT2D eigenvalue weighted by Gasteiger charge is 2.03. The summed E-state index contributed by atoms with van der Waals surface area (Å²) in [5.74, 6) is 1.79. The van der Waals surface area contributed by atoms with Crippen LogP contribution >= 0.6 is 11.6 Å². The molecule has 0 saturated heterocycles. The van der Waals surface area contributed by atoms with Gasteiger partial charge >= 0.3 is 0 Å². The Morgan fingerprint density at radius 2 is 2.19 bits per heavy atom. The molecule has 0 unspecified atom stereocenters. The van der Waals surface area contributed by atoms with Crippen molar-refractivity contribution in [1.29, 1.82) is 0 Å². The molecule has 4 heteroatoms. The smallest absolute Gasteiger partial charge is 0.152 e. The van der Waals surface area contributed by atoms with Crippen molar-refractivity contribution in [2.75, 3.05) is 5.32 Å². The van der Waals surface area contributed by atoms with Crippen LogP contribution in [0.4, 0.5) is 5.69 Å². The maximum absolute atomic E-state index is 5.96. The molecule has 84 valence electrons. The first kappa shape index (κ1) is 11.0. The minimum absolute atomic E-state index is 0.480. The lowest BCUT2D eigenvalue weighted by molar-refractivity contribution is 0.490. The number of hydrogen-bond donors (Lipinski definition) is 1. The molecule has 0 spiro atoms. The van der Waals surface area contributed by atoms with Crippen LogP contribution in [-0.2, 0) is 6.54 Å². The first-order chi connectivity index (χ1) is 7.65. The van der Waals surface area contributed by atoms with E-state index < -0.39 is 0 Å². The minimum Gasteiger partial charge on any atom is -0.465 e. The van der Waals surface area contributed by atoms with Crippen LogP contribution in [0.15, 0.2) is 28.8 Å². The number of hydrogen-bond acceptors (Lipinski definition) is 3. The van der Waals surface area contributed by atoms with E-state index in [-0.39, 0.29) is 0 Å². The number of nitrogens with zero attached hydrogens (tertiary/aromatic N) is 1. The van der Waals surface area contributed by atoms with Gasteiger partial charge < -0.3 is 9.73 Å². The second-order valence-corrected chi connectivity index (χ2v) is 4.07. The summed E-state index contributed by atoms with van der Waals surface area (Å²) in [6, 6.07) is 5.84. The molecule has 16 heavy (non-hydrogen) atoms. The van der Waals surface area contributed by atoms with Crippen LogP contribution < -0.4 is 5.32 Å². The topological polar surface area (TPSA) is 38.1 Å². The van der Waals surface area contributed by atoms with Crippen LogP contribution in [0.5, 0.6) is 0 Å². The second kappa shape index (κ2) is 4.58. The molecule has 2 aromatic heterocycles. The molecular weight excluding hydrogens is 224 g/mol.